The summed E-state index contributed by atoms with van der Waals surface area (Å²) in [5.74, 6) is 1.66. The maximum Gasteiger partial charge on any atom is 0.234 e. The summed E-state index contributed by atoms with van der Waals surface area (Å²) in [4.78, 5) is 13.9. The Hall–Kier alpha value is -1.01. The number of nitrogens with one attached hydrogen (secondary N) is 2. The van der Waals surface area contributed by atoms with Gasteiger partial charge in [0.05, 0.1) is 6.54 Å². The Balaban J connectivity index is 0.00000264. The van der Waals surface area contributed by atoms with E-state index in [9.17, 15) is 4.79 Å². The third-order valence-electron chi connectivity index (χ3n) is 3.66. The molecule has 2 N–H and O–H groups in total. The predicted molar refractivity (Wildman–Crippen MR) is 102 cm³/mol. The highest BCUT2D eigenvalue weighted by Gasteiger charge is 2.20. The number of hydrogen-bond donors (Lipinski definition) is 2. The molecule has 0 heterocycles. The molecular formula is C17H29Cl2N3O2. The van der Waals surface area contributed by atoms with Crippen LogP contribution >= 0.6 is 24.8 Å². The molecule has 0 aliphatic heterocycles. The van der Waals surface area contributed by atoms with Crippen molar-refractivity contribution in [2.75, 3.05) is 40.3 Å². The second kappa shape index (κ2) is 12.4. The second-order valence-electron chi connectivity index (χ2n) is 6.11. The third kappa shape index (κ3) is 9.33. The fourth-order valence-electron chi connectivity index (χ4n) is 2.10. The van der Waals surface area contributed by atoms with E-state index in [1.807, 2.05) is 38.4 Å². The number of ether oxygens (including phenoxy) is 1. The molecule has 0 saturated heterocycles. The molecule has 1 aromatic rings. The monoisotopic (exact) mass is 377 g/mol. The Morgan fingerprint density at radius 1 is 1.25 bits per heavy atom. The van der Waals surface area contributed by atoms with Gasteiger partial charge in [-0.05, 0) is 45.5 Å². The predicted octanol–water partition coefficient (Wildman–Crippen LogP) is 2.09. The summed E-state index contributed by atoms with van der Waals surface area (Å²) in [6.07, 6.45) is 2.60. The molecule has 1 amide bonds. The minimum Gasteiger partial charge on any atom is -0.492 e. The molecule has 24 heavy (non-hydrogen) atoms. The molecule has 0 radical (unpaired) electrons. The highest BCUT2D eigenvalue weighted by molar-refractivity contribution is 5.85. The molecule has 0 atom stereocenters. The van der Waals surface area contributed by atoms with Crippen LogP contribution in [-0.2, 0) is 11.3 Å². The fourth-order valence-corrected chi connectivity index (χ4v) is 2.10. The lowest BCUT2D eigenvalue weighted by molar-refractivity contribution is -0.120. The molecular weight excluding hydrogens is 349 g/mol. The number of amides is 1. The lowest BCUT2D eigenvalue weighted by Crippen LogP contribution is -2.34. The lowest BCUT2D eigenvalue weighted by Gasteiger charge is -2.14. The number of carbonyl (C=O) groups is 1. The van der Waals surface area contributed by atoms with Crippen molar-refractivity contribution in [1.29, 1.82) is 0 Å². The van der Waals surface area contributed by atoms with Crippen LogP contribution in [0.1, 0.15) is 18.4 Å². The first-order chi connectivity index (χ1) is 10.6. The van der Waals surface area contributed by atoms with Crippen molar-refractivity contribution < 1.29 is 9.53 Å². The van der Waals surface area contributed by atoms with Crippen LogP contribution in [0, 0.1) is 5.92 Å². The first-order valence-corrected chi connectivity index (χ1v) is 7.98. The summed E-state index contributed by atoms with van der Waals surface area (Å²) in [6, 6.07) is 7.85. The summed E-state index contributed by atoms with van der Waals surface area (Å²) in [5, 5.41) is 6.14. The number of carbonyl (C=O) groups excluding carboxylic acids is 1. The molecule has 1 aliphatic rings. The lowest BCUT2D eigenvalue weighted by atomic mass is 10.2. The maximum atomic E-state index is 11.8. The molecule has 1 aliphatic carbocycles. The minimum absolute atomic E-state index is 0. The summed E-state index contributed by atoms with van der Waals surface area (Å²) >= 11 is 0. The minimum atomic E-state index is 0. The van der Waals surface area contributed by atoms with Crippen LogP contribution in [0.2, 0.25) is 0 Å². The maximum absolute atomic E-state index is 11.8. The van der Waals surface area contributed by atoms with Gasteiger partial charge in [-0.3, -0.25) is 4.79 Å². The Bertz CT molecular complexity index is 483. The standard InChI is InChI=1S/C17H27N3O2.2ClH/c1-20(2)9-10-22-16-6-4-3-5-15(16)12-19-17(21)13-18-11-14-7-8-14;;/h3-6,14,18H,7-13H2,1-2H3,(H,19,21);2*1H. The van der Waals surface area contributed by atoms with Gasteiger partial charge in [-0.25, -0.2) is 0 Å². The molecule has 0 unspecified atom stereocenters. The Kier molecular flexibility index (Phi) is 11.8. The zero-order chi connectivity index (χ0) is 15.8. The second-order valence-corrected chi connectivity index (χ2v) is 6.11. The quantitative estimate of drug-likeness (QED) is 0.655. The molecule has 138 valence electrons. The van der Waals surface area contributed by atoms with Crippen molar-refractivity contribution in [2.24, 2.45) is 5.92 Å². The summed E-state index contributed by atoms with van der Waals surface area (Å²) < 4.78 is 5.79. The van der Waals surface area contributed by atoms with Gasteiger partial charge in [-0.1, -0.05) is 18.2 Å². The third-order valence-corrected chi connectivity index (χ3v) is 3.66. The van der Waals surface area contributed by atoms with Gasteiger partial charge in [0, 0.05) is 18.7 Å². The first-order valence-electron chi connectivity index (χ1n) is 7.98. The van der Waals surface area contributed by atoms with Crippen LogP contribution in [0.25, 0.3) is 0 Å². The first kappa shape index (κ1) is 23.0. The largest absolute Gasteiger partial charge is 0.492 e. The molecule has 7 heteroatoms. The topological polar surface area (TPSA) is 53.6 Å². The van der Waals surface area contributed by atoms with E-state index in [1.54, 1.807) is 0 Å². The van der Waals surface area contributed by atoms with Crippen molar-refractivity contribution in [3.8, 4) is 5.75 Å². The number of para-hydroxylation sites is 1. The molecule has 0 aromatic heterocycles. The molecule has 0 bridgehead atoms. The molecule has 5 nitrogen and oxygen atoms in total. The molecule has 0 spiro atoms. The average Bonchev–Trinajstić information content (AvgIpc) is 3.30. The van der Waals surface area contributed by atoms with Crippen LogP contribution in [0.3, 0.4) is 0 Å². The van der Waals surface area contributed by atoms with Gasteiger partial charge in [0.2, 0.25) is 5.91 Å². The zero-order valence-electron chi connectivity index (χ0n) is 14.4. The van der Waals surface area contributed by atoms with Gasteiger partial charge < -0.3 is 20.3 Å². The number of hydrogen-bond acceptors (Lipinski definition) is 4. The smallest absolute Gasteiger partial charge is 0.234 e. The number of nitrogens with zero attached hydrogens (tertiary/aromatic N) is 1. The van der Waals surface area contributed by atoms with Gasteiger partial charge in [0.25, 0.3) is 0 Å². The molecule has 1 saturated carbocycles. The van der Waals surface area contributed by atoms with E-state index < -0.39 is 0 Å². The van der Waals surface area contributed by atoms with E-state index in [0.717, 1.165) is 30.3 Å². The molecule has 2 rings (SSSR count). The molecule has 1 fully saturated rings. The number of halogens is 2. The number of rotatable bonds is 10. The van der Waals surface area contributed by atoms with Crippen LogP contribution in [0.15, 0.2) is 24.3 Å². The van der Waals surface area contributed by atoms with Crippen molar-refractivity contribution >= 4 is 30.7 Å². The normalized spacial score (nSPS) is 13.0. The summed E-state index contributed by atoms with van der Waals surface area (Å²) in [7, 11) is 4.04. The van der Waals surface area contributed by atoms with Crippen LogP contribution in [0.4, 0.5) is 0 Å². The highest BCUT2D eigenvalue weighted by atomic mass is 35.5. The average molecular weight is 378 g/mol. The van der Waals surface area contributed by atoms with Gasteiger partial charge in [-0.15, -0.1) is 24.8 Å². The van der Waals surface area contributed by atoms with Crippen LogP contribution in [0.5, 0.6) is 5.75 Å². The van der Waals surface area contributed by atoms with Crippen molar-refractivity contribution in [3.05, 3.63) is 29.8 Å². The van der Waals surface area contributed by atoms with Crippen molar-refractivity contribution in [1.82, 2.24) is 15.5 Å². The van der Waals surface area contributed by atoms with Crippen LogP contribution in [-0.4, -0.2) is 51.1 Å². The van der Waals surface area contributed by atoms with E-state index in [1.165, 1.54) is 12.8 Å². The summed E-state index contributed by atoms with van der Waals surface area (Å²) in [5.41, 5.74) is 1.01. The van der Waals surface area contributed by atoms with E-state index in [2.05, 4.69) is 15.5 Å². The van der Waals surface area contributed by atoms with Gasteiger partial charge >= 0.3 is 0 Å². The Labute approximate surface area is 157 Å². The molecule has 1 aromatic carbocycles. The zero-order valence-corrected chi connectivity index (χ0v) is 16.0. The fraction of sp³-hybridized carbons (Fsp3) is 0.588. The highest BCUT2D eigenvalue weighted by Crippen LogP contribution is 2.27. The van der Waals surface area contributed by atoms with Gasteiger partial charge in [0.1, 0.15) is 12.4 Å². The van der Waals surface area contributed by atoms with Crippen molar-refractivity contribution in [2.45, 2.75) is 19.4 Å². The Morgan fingerprint density at radius 3 is 2.62 bits per heavy atom. The van der Waals surface area contributed by atoms with E-state index in [0.29, 0.717) is 19.7 Å². The van der Waals surface area contributed by atoms with E-state index >= 15 is 0 Å². The van der Waals surface area contributed by atoms with Crippen molar-refractivity contribution in [3.63, 3.8) is 0 Å². The van der Waals surface area contributed by atoms with Gasteiger partial charge in [0.15, 0.2) is 0 Å². The number of benzene rings is 1. The number of likely N-dealkylation sites (N-methyl/N-ethyl adjacent to an activating group) is 1. The van der Waals surface area contributed by atoms with E-state index in [4.69, 9.17) is 4.74 Å². The SMILES string of the molecule is CN(C)CCOc1ccccc1CNC(=O)CNCC1CC1.Cl.Cl. The van der Waals surface area contributed by atoms with E-state index in [-0.39, 0.29) is 30.7 Å². The summed E-state index contributed by atoms with van der Waals surface area (Å²) in [6.45, 7) is 3.35. The van der Waals surface area contributed by atoms with Crippen LogP contribution < -0.4 is 15.4 Å². The van der Waals surface area contributed by atoms with Gasteiger partial charge in [-0.2, -0.15) is 0 Å². The Morgan fingerprint density at radius 2 is 1.96 bits per heavy atom.